The van der Waals surface area contributed by atoms with Gasteiger partial charge < -0.3 is 9.88 Å². The van der Waals surface area contributed by atoms with Crippen molar-refractivity contribution in [3.8, 4) is 17.1 Å². The van der Waals surface area contributed by atoms with E-state index < -0.39 is 0 Å². The molecule has 0 aliphatic rings. The number of nitrogens with zero attached hydrogens (tertiary/aromatic N) is 5. The van der Waals surface area contributed by atoms with Crippen LogP contribution in [0.3, 0.4) is 0 Å². The maximum Gasteiger partial charge on any atom is 0.295 e. The highest BCUT2D eigenvalue weighted by Crippen LogP contribution is 2.30. The lowest BCUT2D eigenvalue weighted by Gasteiger charge is -2.07. The molecule has 0 aliphatic carbocycles. The number of benzene rings is 2. The molecule has 0 spiro atoms. The molecule has 11 heteroatoms. The maximum atomic E-state index is 13.0. The van der Waals surface area contributed by atoms with Gasteiger partial charge in [-0.25, -0.2) is 4.68 Å². The normalized spacial score (nSPS) is 11.1. The van der Waals surface area contributed by atoms with Crippen LogP contribution < -0.4 is 10.9 Å². The topological polar surface area (TPSA) is 86.7 Å². The van der Waals surface area contributed by atoms with Crippen LogP contribution in [0.15, 0.2) is 58.5 Å². The SMILES string of the molecule is Cc1c(NC(=O)CSc2nnc(-c3ccc(Cl)cc3Cl)n2C)c(=O)n(-c2ccccc2)n1C. The van der Waals surface area contributed by atoms with Crippen molar-refractivity contribution in [1.82, 2.24) is 24.1 Å². The fraction of sp³-hybridized carbons (Fsp3) is 0.182. The summed E-state index contributed by atoms with van der Waals surface area (Å²) in [7, 11) is 3.57. The smallest absolute Gasteiger partial charge is 0.295 e. The minimum absolute atomic E-state index is 0.0550. The summed E-state index contributed by atoms with van der Waals surface area (Å²) < 4.78 is 4.98. The van der Waals surface area contributed by atoms with E-state index in [1.54, 1.807) is 48.5 Å². The zero-order valence-corrected chi connectivity index (χ0v) is 20.4. The van der Waals surface area contributed by atoms with E-state index in [4.69, 9.17) is 23.2 Å². The predicted molar refractivity (Wildman–Crippen MR) is 132 cm³/mol. The fourth-order valence-corrected chi connectivity index (χ4v) is 4.57. The van der Waals surface area contributed by atoms with Gasteiger partial charge in [-0.05, 0) is 37.3 Å². The summed E-state index contributed by atoms with van der Waals surface area (Å²) >= 11 is 13.5. The van der Waals surface area contributed by atoms with E-state index in [0.29, 0.717) is 32.3 Å². The molecule has 0 saturated heterocycles. The molecule has 0 bridgehead atoms. The predicted octanol–water partition coefficient (Wildman–Crippen LogP) is 4.32. The molecule has 33 heavy (non-hydrogen) atoms. The first-order valence-corrected chi connectivity index (χ1v) is 11.6. The van der Waals surface area contributed by atoms with Crippen molar-refractivity contribution in [2.75, 3.05) is 11.1 Å². The quantitative estimate of drug-likeness (QED) is 0.396. The molecular formula is C22H20Cl2N6O2S. The van der Waals surface area contributed by atoms with Gasteiger partial charge in [-0.2, -0.15) is 0 Å². The fourth-order valence-electron chi connectivity index (χ4n) is 3.36. The second-order valence-corrected chi connectivity index (χ2v) is 9.05. The van der Waals surface area contributed by atoms with Crippen molar-refractivity contribution < 1.29 is 4.79 Å². The highest BCUT2D eigenvalue weighted by Gasteiger charge is 2.19. The minimum Gasteiger partial charge on any atom is -0.319 e. The number of nitrogens with one attached hydrogen (secondary N) is 1. The third-order valence-corrected chi connectivity index (χ3v) is 6.73. The number of carbonyl (C=O) groups is 1. The average Bonchev–Trinajstić information content (AvgIpc) is 3.25. The third-order valence-electron chi connectivity index (χ3n) is 5.16. The van der Waals surface area contributed by atoms with E-state index in [1.165, 1.54) is 16.4 Å². The van der Waals surface area contributed by atoms with Crippen LogP contribution in [0.5, 0.6) is 0 Å². The van der Waals surface area contributed by atoms with E-state index >= 15 is 0 Å². The Hall–Kier alpha value is -3.01. The number of thioether (sulfide) groups is 1. The van der Waals surface area contributed by atoms with Crippen LogP contribution in [-0.2, 0) is 18.9 Å². The zero-order valence-electron chi connectivity index (χ0n) is 18.0. The van der Waals surface area contributed by atoms with E-state index in [0.717, 1.165) is 5.69 Å². The molecule has 0 fully saturated rings. The Morgan fingerprint density at radius 2 is 1.82 bits per heavy atom. The summed E-state index contributed by atoms with van der Waals surface area (Å²) in [5, 5.41) is 12.6. The van der Waals surface area contributed by atoms with Crippen LogP contribution in [-0.4, -0.2) is 35.8 Å². The van der Waals surface area contributed by atoms with Crippen molar-refractivity contribution in [3.63, 3.8) is 0 Å². The number of anilines is 1. The lowest BCUT2D eigenvalue weighted by molar-refractivity contribution is -0.113. The molecule has 0 aliphatic heterocycles. The number of hydrogen-bond donors (Lipinski definition) is 1. The Morgan fingerprint density at radius 3 is 2.52 bits per heavy atom. The Morgan fingerprint density at radius 1 is 1.09 bits per heavy atom. The van der Waals surface area contributed by atoms with Crippen LogP contribution >= 0.6 is 35.0 Å². The molecule has 4 rings (SSSR count). The van der Waals surface area contributed by atoms with E-state index in [9.17, 15) is 9.59 Å². The van der Waals surface area contributed by atoms with Crippen molar-refractivity contribution in [3.05, 3.63) is 74.6 Å². The molecule has 1 amide bonds. The molecule has 2 heterocycles. The van der Waals surface area contributed by atoms with Crippen molar-refractivity contribution in [1.29, 1.82) is 0 Å². The first kappa shape index (κ1) is 23.2. The van der Waals surface area contributed by atoms with E-state index in [2.05, 4.69) is 15.5 Å². The van der Waals surface area contributed by atoms with Gasteiger partial charge in [-0.1, -0.05) is 53.2 Å². The van der Waals surface area contributed by atoms with Crippen molar-refractivity contribution >= 4 is 46.6 Å². The molecule has 2 aromatic carbocycles. The Labute approximate surface area is 204 Å². The molecule has 0 unspecified atom stereocenters. The third kappa shape index (κ3) is 4.57. The number of amides is 1. The highest BCUT2D eigenvalue weighted by atomic mass is 35.5. The number of hydrogen-bond acceptors (Lipinski definition) is 5. The van der Waals surface area contributed by atoms with Crippen LogP contribution in [0.25, 0.3) is 17.1 Å². The first-order chi connectivity index (χ1) is 15.8. The molecule has 0 atom stereocenters. The number of halogens is 2. The van der Waals surface area contributed by atoms with Crippen molar-refractivity contribution in [2.45, 2.75) is 12.1 Å². The molecule has 0 radical (unpaired) electrons. The monoisotopic (exact) mass is 502 g/mol. The lowest BCUT2D eigenvalue weighted by Crippen LogP contribution is -2.23. The number of carbonyl (C=O) groups excluding carboxylic acids is 1. The van der Waals surface area contributed by atoms with Crippen LogP contribution in [0.1, 0.15) is 5.69 Å². The number of aromatic nitrogens is 5. The van der Waals surface area contributed by atoms with Gasteiger partial charge in [0.05, 0.1) is 22.2 Å². The van der Waals surface area contributed by atoms with Gasteiger partial charge in [0.25, 0.3) is 5.56 Å². The van der Waals surface area contributed by atoms with Crippen molar-refractivity contribution in [2.24, 2.45) is 14.1 Å². The van der Waals surface area contributed by atoms with E-state index in [-0.39, 0.29) is 22.9 Å². The summed E-state index contributed by atoms with van der Waals surface area (Å²) in [6.07, 6.45) is 0. The second kappa shape index (κ2) is 9.46. The first-order valence-electron chi connectivity index (χ1n) is 9.89. The summed E-state index contributed by atoms with van der Waals surface area (Å²) in [4.78, 5) is 25.6. The van der Waals surface area contributed by atoms with Crippen LogP contribution in [0.4, 0.5) is 5.69 Å². The van der Waals surface area contributed by atoms with Gasteiger partial charge in [0.1, 0.15) is 5.69 Å². The zero-order chi connectivity index (χ0) is 23.7. The van der Waals surface area contributed by atoms with Gasteiger partial charge in [0.15, 0.2) is 11.0 Å². The Kier molecular flexibility index (Phi) is 6.64. The summed E-state index contributed by atoms with van der Waals surface area (Å²) in [5.41, 5.74) is 2.01. The standard InChI is InChI=1S/C22H20Cl2N6O2S/c1-13-19(21(32)30(29(13)3)15-7-5-4-6-8-15)25-18(31)12-33-22-27-26-20(28(22)2)16-10-9-14(23)11-17(16)24/h4-11H,12H2,1-3H3,(H,25,31). The molecule has 0 saturated carbocycles. The Bertz CT molecular complexity index is 1390. The van der Waals surface area contributed by atoms with Gasteiger partial charge in [0, 0.05) is 24.7 Å². The lowest BCUT2D eigenvalue weighted by atomic mass is 10.2. The molecule has 2 aromatic heterocycles. The summed E-state index contributed by atoms with van der Waals surface area (Å²) in [6.45, 7) is 1.79. The maximum absolute atomic E-state index is 13.0. The second-order valence-electron chi connectivity index (χ2n) is 7.26. The van der Waals surface area contributed by atoms with Gasteiger partial charge in [-0.15, -0.1) is 10.2 Å². The minimum atomic E-state index is -0.319. The van der Waals surface area contributed by atoms with E-state index in [1.807, 2.05) is 30.3 Å². The Balaban J connectivity index is 1.49. The highest BCUT2D eigenvalue weighted by molar-refractivity contribution is 7.99. The average molecular weight is 503 g/mol. The molecule has 1 N–H and O–H groups in total. The molecular weight excluding hydrogens is 483 g/mol. The van der Waals surface area contributed by atoms with Gasteiger partial charge in [0.2, 0.25) is 5.91 Å². The molecule has 170 valence electrons. The number of para-hydroxylation sites is 1. The van der Waals surface area contributed by atoms with Gasteiger partial charge in [-0.3, -0.25) is 14.3 Å². The number of rotatable bonds is 6. The van der Waals surface area contributed by atoms with Gasteiger partial charge >= 0.3 is 0 Å². The summed E-state index contributed by atoms with van der Waals surface area (Å²) in [5.74, 6) is 0.295. The molecule has 4 aromatic rings. The van der Waals surface area contributed by atoms with Crippen LogP contribution in [0, 0.1) is 6.92 Å². The molecule has 8 nitrogen and oxygen atoms in total. The summed E-state index contributed by atoms with van der Waals surface area (Å²) in [6, 6.07) is 14.4. The van der Waals surface area contributed by atoms with Crippen LogP contribution in [0.2, 0.25) is 10.0 Å². The largest absolute Gasteiger partial charge is 0.319 e.